The SMILES string of the molecule is CCCC(CCO)CNC(=O)CCC(C)(C)CCN. The number of hydrogen-bond acceptors (Lipinski definition) is 3. The molecule has 0 rings (SSSR count). The number of amides is 1. The van der Waals surface area contributed by atoms with Crippen molar-refractivity contribution >= 4 is 5.91 Å². The van der Waals surface area contributed by atoms with Crippen LogP contribution in [0.5, 0.6) is 0 Å². The Balaban J connectivity index is 3.90. The number of carbonyl (C=O) groups excluding carboxylic acids is 1. The van der Waals surface area contributed by atoms with E-state index in [-0.39, 0.29) is 17.9 Å². The van der Waals surface area contributed by atoms with Crippen molar-refractivity contribution in [2.45, 2.75) is 59.3 Å². The Morgan fingerprint density at radius 1 is 1.32 bits per heavy atom. The lowest BCUT2D eigenvalue weighted by atomic mass is 9.84. The molecule has 19 heavy (non-hydrogen) atoms. The van der Waals surface area contributed by atoms with Gasteiger partial charge in [0.25, 0.3) is 0 Å². The van der Waals surface area contributed by atoms with Crippen LogP contribution in [0, 0.1) is 11.3 Å². The van der Waals surface area contributed by atoms with Crippen LogP contribution in [0.25, 0.3) is 0 Å². The normalized spacial score (nSPS) is 13.3. The number of carbonyl (C=O) groups is 1. The van der Waals surface area contributed by atoms with Crippen molar-refractivity contribution in [3.63, 3.8) is 0 Å². The number of nitrogens with one attached hydrogen (secondary N) is 1. The van der Waals surface area contributed by atoms with Crippen LogP contribution < -0.4 is 11.1 Å². The van der Waals surface area contributed by atoms with Crippen LogP contribution in [0.4, 0.5) is 0 Å². The van der Waals surface area contributed by atoms with Gasteiger partial charge in [-0.15, -0.1) is 0 Å². The summed E-state index contributed by atoms with van der Waals surface area (Å²) in [7, 11) is 0. The van der Waals surface area contributed by atoms with Crippen molar-refractivity contribution in [3.05, 3.63) is 0 Å². The number of hydrogen-bond donors (Lipinski definition) is 3. The summed E-state index contributed by atoms with van der Waals surface area (Å²) < 4.78 is 0. The van der Waals surface area contributed by atoms with Gasteiger partial charge in [-0.25, -0.2) is 0 Å². The lowest BCUT2D eigenvalue weighted by Crippen LogP contribution is -2.30. The van der Waals surface area contributed by atoms with E-state index in [9.17, 15) is 4.79 Å². The Hall–Kier alpha value is -0.610. The lowest BCUT2D eigenvalue weighted by molar-refractivity contribution is -0.121. The molecule has 0 aromatic rings. The highest BCUT2D eigenvalue weighted by Crippen LogP contribution is 2.25. The van der Waals surface area contributed by atoms with E-state index in [2.05, 4.69) is 26.1 Å². The summed E-state index contributed by atoms with van der Waals surface area (Å²) in [6, 6.07) is 0. The average molecular weight is 272 g/mol. The van der Waals surface area contributed by atoms with E-state index in [1.807, 2.05) is 0 Å². The minimum atomic E-state index is 0.115. The van der Waals surface area contributed by atoms with Crippen molar-refractivity contribution in [1.29, 1.82) is 0 Å². The standard InChI is InChI=1S/C15H32N2O2/c1-4-5-13(7-11-18)12-17-14(19)6-8-15(2,3)9-10-16/h13,18H,4-12,16H2,1-3H3,(H,17,19). The van der Waals surface area contributed by atoms with Crippen LogP contribution in [0.1, 0.15) is 59.3 Å². The first-order valence-electron chi connectivity index (χ1n) is 7.52. The second kappa shape index (κ2) is 10.2. The van der Waals surface area contributed by atoms with Gasteiger partial charge >= 0.3 is 0 Å². The fourth-order valence-corrected chi connectivity index (χ4v) is 2.25. The first kappa shape index (κ1) is 18.4. The Bertz CT molecular complexity index is 236. The molecule has 0 heterocycles. The van der Waals surface area contributed by atoms with Gasteiger partial charge in [-0.2, -0.15) is 0 Å². The number of aliphatic hydroxyl groups excluding tert-OH is 1. The second-order valence-electron chi connectivity index (χ2n) is 6.17. The van der Waals surface area contributed by atoms with Gasteiger partial charge < -0.3 is 16.2 Å². The molecular formula is C15H32N2O2. The van der Waals surface area contributed by atoms with E-state index in [1.165, 1.54) is 0 Å². The van der Waals surface area contributed by atoms with Crippen LogP contribution in [0.15, 0.2) is 0 Å². The zero-order chi connectivity index (χ0) is 14.7. The Morgan fingerprint density at radius 2 is 2.00 bits per heavy atom. The molecule has 0 aliphatic heterocycles. The smallest absolute Gasteiger partial charge is 0.220 e. The van der Waals surface area contributed by atoms with Crippen molar-refractivity contribution in [1.82, 2.24) is 5.32 Å². The number of aliphatic hydroxyl groups is 1. The van der Waals surface area contributed by atoms with Gasteiger partial charge in [-0.3, -0.25) is 4.79 Å². The van der Waals surface area contributed by atoms with Crippen LogP contribution in [0.3, 0.4) is 0 Å². The van der Waals surface area contributed by atoms with Gasteiger partial charge in [0.05, 0.1) is 0 Å². The molecule has 0 aliphatic rings. The molecular weight excluding hydrogens is 240 g/mol. The van der Waals surface area contributed by atoms with Crippen molar-refractivity contribution in [2.75, 3.05) is 19.7 Å². The molecule has 114 valence electrons. The minimum Gasteiger partial charge on any atom is -0.396 e. The van der Waals surface area contributed by atoms with Gasteiger partial charge in [0.2, 0.25) is 5.91 Å². The van der Waals surface area contributed by atoms with Gasteiger partial charge in [-0.05, 0) is 43.6 Å². The predicted octanol–water partition coefficient (Wildman–Crippen LogP) is 2.06. The predicted molar refractivity (Wildman–Crippen MR) is 79.8 cm³/mol. The highest BCUT2D eigenvalue weighted by molar-refractivity contribution is 5.75. The number of nitrogens with two attached hydrogens (primary N) is 1. The Labute approximate surface area is 118 Å². The molecule has 0 bridgehead atoms. The van der Waals surface area contributed by atoms with E-state index in [1.54, 1.807) is 0 Å². The molecule has 0 spiro atoms. The molecule has 0 saturated carbocycles. The summed E-state index contributed by atoms with van der Waals surface area (Å²) in [6.45, 7) is 7.98. The maximum atomic E-state index is 11.8. The molecule has 4 N–H and O–H groups in total. The summed E-state index contributed by atoms with van der Waals surface area (Å²) in [5, 5.41) is 12.0. The van der Waals surface area contributed by atoms with E-state index in [0.717, 1.165) is 32.1 Å². The molecule has 0 radical (unpaired) electrons. The molecule has 0 fully saturated rings. The summed E-state index contributed by atoms with van der Waals surface area (Å²) in [5.41, 5.74) is 5.70. The molecule has 0 aliphatic carbocycles. The Kier molecular flexibility index (Phi) is 9.88. The van der Waals surface area contributed by atoms with Gasteiger partial charge in [0, 0.05) is 19.6 Å². The molecule has 1 atom stereocenters. The zero-order valence-corrected chi connectivity index (χ0v) is 12.9. The lowest BCUT2D eigenvalue weighted by Gasteiger charge is -2.23. The maximum Gasteiger partial charge on any atom is 0.220 e. The average Bonchev–Trinajstić information content (AvgIpc) is 2.34. The first-order chi connectivity index (χ1) is 8.95. The molecule has 4 heteroatoms. The van der Waals surface area contributed by atoms with Crippen LogP contribution in [-0.2, 0) is 4.79 Å². The fourth-order valence-electron chi connectivity index (χ4n) is 2.25. The van der Waals surface area contributed by atoms with Gasteiger partial charge in [-0.1, -0.05) is 27.2 Å². The van der Waals surface area contributed by atoms with E-state index < -0.39 is 0 Å². The zero-order valence-electron chi connectivity index (χ0n) is 12.9. The van der Waals surface area contributed by atoms with Crippen LogP contribution in [0.2, 0.25) is 0 Å². The maximum absolute atomic E-state index is 11.8. The van der Waals surface area contributed by atoms with Crippen LogP contribution >= 0.6 is 0 Å². The van der Waals surface area contributed by atoms with Crippen molar-refractivity contribution in [2.24, 2.45) is 17.1 Å². The van der Waals surface area contributed by atoms with Gasteiger partial charge in [0.15, 0.2) is 0 Å². The molecule has 1 amide bonds. The van der Waals surface area contributed by atoms with E-state index in [4.69, 9.17) is 10.8 Å². The summed E-state index contributed by atoms with van der Waals surface area (Å²) in [6.07, 6.45) is 5.29. The molecule has 4 nitrogen and oxygen atoms in total. The second-order valence-corrected chi connectivity index (χ2v) is 6.17. The minimum absolute atomic E-state index is 0.115. The first-order valence-corrected chi connectivity index (χ1v) is 7.52. The third kappa shape index (κ3) is 9.91. The quantitative estimate of drug-likeness (QED) is 0.539. The third-order valence-corrected chi connectivity index (χ3v) is 3.67. The summed E-state index contributed by atoms with van der Waals surface area (Å²) in [4.78, 5) is 11.8. The van der Waals surface area contributed by atoms with Crippen molar-refractivity contribution < 1.29 is 9.90 Å². The number of rotatable bonds is 11. The largest absolute Gasteiger partial charge is 0.396 e. The van der Waals surface area contributed by atoms with Crippen molar-refractivity contribution in [3.8, 4) is 0 Å². The van der Waals surface area contributed by atoms with Crippen LogP contribution in [-0.4, -0.2) is 30.7 Å². The third-order valence-electron chi connectivity index (χ3n) is 3.67. The highest BCUT2D eigenvalue weighted by Gasteiger charge is 2.18. The Morgan fingerprint density at radius 3 is 2.53 bits per heavy atom. The molecule has 0 aromatic heterocycles. The fraction of sp³-hybridized carbons (Fsp3) is 0.933. The van der Waals surface area contributed by atoms with Gasteiger partial charge in [0.1, 0.15) is 0 Å². The monoisotopic (exact) mass is 272 g/mol. The van der Waals surface area contributed by atoms with E-state index >= 15 is 0 Å². The topological polar surface area (TPSA) is 75.3 Å². The molecule has 0 saturated heterocycles. The summed E-state index contributed by atoms with van der Waals surface area (Å²) >= 11 is 0. The molecule has 0 aromatic carbocycles. The van der Waals surface area contributed by atoms with E-state index in [0.29, 0.717) is 25.4 Å². The highest BCUT2D eigenvalue weighted by atomic mass is 16.3. The molecule has 1 unspecified atom stereocenters. The summed E-state index contributed by atoms with van der Waals surface area (Å²) in [5.74, 6) is 0.514.